The van der Waals surface area contributed by atoms with Crippen LogP contribution >= 0.6 is 11.6 Å². The maximum atomic E-state index is 12.0. The molecule has 0 saturated carbocycles. The van der Waals surface area contributed by atoms with Crippen LogP contribution < -0.4 is 10.1 Å². The number of phenols is 1. The highest BCUT2D eigenvalue weighted by Crippen LogP contribution is 2.26. The van der Waals surface area contributed by atoms with Crippen molar-refractivity contribution in [3.8, 4) is 11.5 Å². The summed E-state index contributed by atoms with van der Waals surface area (Å²) >= 11 is 6.02. The van der Waals surface area contributed by atoms with Crippen LogP contribution in [0.4, 0.5) is 5.69 Å². The van der Waals surface area contributed by atoms with Crippen molar-refractivity contribution in [2.24, 2.45) is 0 Å². The van der Waals surface area contributed by atoms with Crippen molar-refractivity contribution in [2.75, 3.05) is 12.4 Å². The molecule has 2 aromatic rings. The molecule has 5 heteroatoms. The lowest BCUT2D eigenvalue weighted by Crippen LogP contribution is -2.14. The van der Waals surface area contributed by atoms with E-state index in [2.05, 4.69) is 5.32 Å². The smallest absolute Gasteiger partial charge is 0.228 e. The van der Waals surface area contributed by atoms with E-state index in [0.29, 0.717) is 16.5 Å². The third-order valence-corrected chi connectivity index (χ3v) is 3.05. The minimum absolute atomic E-state index is 0.134. The fraction of sp³-hybridized carbons (Fsp3) is 0.133. The van der Waals surface area contributed by atoms with E-state index in [1.807, 2.05) is 0 Å². The molecule has 0 atom stereocenters. The molecule has 2 aromatic carbocycles. The molecule has 0 heterocycles. The van der Waals surface area contributed by atoms with Gasteiger partial charge >= 0.3 is 0 Å². The lowest BCUT2D eigenvalue weighted by atomic mass is 10.1. The van der Waals surface area contributed by atoms with Crippen molar-refractivity contribution in [1.82, 2.24) is 0 Å². The van der Waals surface area contributed by atoms with Gasteiger partial charge in [-0.1, -0.05) is 23.7 Å². The molecule has 0 aliphatic heterocycles. The molecular formula is C15H14ClNO3. The maximum absolute atomic E-state index is 12.0. The molecule has 0 bridgehead atoms. The summed E-state index contributed by atoms with van der Waals surface area (Å²) < 4.78 is 5.08. The summed E-state index contributed by atoms with van der Waals surface area (Å²) in [6.45, 7) is 0. The van der Waals surface area contributed by atoms with Crippen LogP contribution in [0.3, 0.4) is 0 Å². The van der Waals surface area contributed by atoms with Gasteiger partial charge in [0.2, 0.25) is 5.91 Å². The minimum atomic E-state index is -0.217. The minimum Gasteiger partial charge on any atom is -0.508 e. The number of carbonyl (C=O) groups is 1. The number of halogens is 1. The average Bonchev–Trinajstić information content (AvgIpc) is 2.41. The number of hydrogen-bond donors (Lipinski definition) is 2. The number of benzene rings is 2. The van der Waals surface area contributed by atoms with Crippen LogP contribution in [0.25, 0.3) is 0 Å². The summed E-state index contributed by atoms with van der Waals surface area (Å²) in [5, 5.41) is 12.5. The normalized spacial score (nSPS) is 10.1. The molecule has 0 radical (unpaired) electrons. The SMILES string of the molecule is COc1ccc(Cl)c(NC(=O)Cc2cccc(O)c2)c1. The van der Waals surface area contributed by atoms with Gasteiger partial charge in [0.05, 0.1) is 24.2 Å². The number of ether oxygens (including phenoxy) is 1. The predicted molar refractivity (Wildman–Crippen MR) is 78.4 cm³/mol. The van der Waals surface area contributed by atoms with Gasteiger partial charge in [0.25, 0.3) is 0 Å². The van der Waals surface area contributed by atoms with Crippen LogP contribution in [0, 0.1) is 0 Å². The second-order valence-electron chi connectivity index (χ2n) is 4.24. The van der Waals surface area contributed by atoms with Gasteiger partial charge in [0.1, 0.15) is 11.5 Å². The van der Waals surface area contributed by atoms with Crippen molar-refractivity contribution in [1.29, 1.82) is 0 Å². The lowest BCUT2D eigenvalue weighted by Gasteiger charge is -2.09. The summed E-state index contributed by atoms with van der Waals surface area (Å²) in [5.41, 5.74) is 1.22. The Morgan fingerprint density at radius 2 is 2.10 bits per heavy atom. The molecule has 0 aromatic heterocycles. The fourth-order valence-electron chi connectivity index (χ4n) is 1.77. The standard InChI is InChI=1S/C15H14ClNO3/c1-20-12-5-6-13(16)14(9-12)17-15(19)8-10-3-2-4-11(18)7-10/h2-7,9,18H,8H2,1H3,(H,17,19). The molecule has 2 rings (SSSR count). The Balaban J connectivity index is 2.08. The molecule has 0 aliphatic carbocycles. The van der Waals surface area contributed by atoms with Gasteiger partial charge in [0.15, 0.2) is 0 Å². The Hall–Kier alpha value is -2.20. The van der Waals surface area contributed by atoms with Gasteiger partial charge in [0, 0.05) is 6.07 Å². The van der Waals surface area contributed by atoms with Gasteiger partial charge in [-0.05, 0) is 29.8 Å². The zero-order valence-corrected chi connectivity index (χ0v) is 11.6. The van der Waals surface area contributed by atoms with Crippen LogP contribution in [-0.4, -0.2) is 18.1 Å². The van der Waals surface area contributed by atoms with Crippen molar-refractivity contribution < 1.29 is 14.6 Å². The first kappa shape index (κ1) is 14.2. The van der Waals surface area contributed by atoms with E-state index >= 15 is 0 Å². The number of carbonyl (C=O) groups excluding carboxylic acids is 1. The molecule has 20 heavy (non-hydrogen) atoms. The Bertz CT molecular complexity index is 628. The third-order valence-electron chi connectivity index (χ3n) is 2.72. The molecule has 0 aliphatic rings. The zero-order valence-electron chi connectivity index (χ0n) is 10.9. The third kappa shape index (κ3) is 3.65. The molecule has 104 valence electrons. The number of rotatable bonds is 4. The van der Waals surface area contributed by atoms with E-state index in [-0.39, 0.29) is 18.1 Å². The van der Waals surface area contributed by atoms with E-state index in [4.69, 9.17) is 16.3 Å². The van der Waals surface area contributed by atoms with Crippen LogP contribution in [0.5, 0.6) is 11.5 Å². The second-order valence-corrected chi connectivity index (χ2v) is 4.65. The maximum Gasteiger partial charge on any atom is 0.228 e. The highest BCUT2D eigenvalue weighted by Gasteiger charge is 2.08. The summed E-state index contributed by atoms with van der Waals surface area (Å²) in [6.07, 6.45) is 0.155. The molecule has 0 fully saturated rings. The van der Waals surface area contributed by atoms with Crippen molar-refractivity contribution >= 4 is 23.2 Å². The average molecular weight is 292 g/mol. The Morgan fingerprint density at radius 3 is 2.80 bits per heavy atom. The molecule has 0 unspecified atom stereocenters. The molecule has 2 N–H and O–H groups in total. The van der Waals surface area contributed by atoms with Crippen molar-refractivity contribution in [3.05, 3.63) is 53.1 Å². The molecule has 0 saturated heterocycles. The summed E-state index contributed by atoms with van der Waals surface area (Å²) in [4.78, 5) is 12.0. The van der Waals surface area contributed by atoms with Gasteiger partial charge < -0.3 is 15.2 Å². The van der Waals surface area contributed by atoms with E-state index < -0.39 is 0 Å². The second kappa shape index (κ2) is 6.30. The quantitative estimate of drug-likeness (QED) is 0.909. The summed E-state index contributed by atoms with van der Waals surface area (Å²) in [5.74, 6) is 0.530. The molecule has 4 nitrogen and oxygen atoms in total. The van der Waals surface area contributed by atoms with Crippen LogP contribution in [-0.2, 0) is 11.2 Å². The zero-order chi connectivity index (χ0) is 14.5. The lowest BCUT2D eigenvalue weighted by molar-refractivity contribution is -0.115. The van der Waals surface area contributed by atoms with E-state index in [1.165, 1.54) is 0 Å². The number of hydrogen-bond acceptors (Lipinski definition) is 3. The Morgan fingerprint density at radius 1 is 1.30 bits per heavy atom. The first-order valence-corrected chi connectivity index (χ1v) is 6.37. The summed E-state index contributed by atoms with van der Waals surface area (Å²) in [7, 11) is 1.54. The van der Waals surface area contributed by atoms with Gasteiger partial charge in [-0.25, -0.2) is 0 Å². The monoisotopic (exact) mass is 291 g/mol. The Labute approximate surface area is 122 Å². The highest BCUT2D eigenvalue weighted by atomic mass is 35.5. The highest BCUT2D eigenvalue weighted by molar-refractivity contribution is 6.33. The van der Waals surface area contributed by atoms with Crippen LogP contribution in [0.1, 0.15) is 5.56 Å². The van der Waals surface area contributed by atoms with E-state index in [9.17, 15) is 9.90 Å². The van der Waals surface area contributed by atoms with Crippen molar-refractivity contribution in [2.45, 2.75) is 6.42 Å². The Kier molecular flexibility index (Phi) is 4.48. The van der Waals surface area contributed by atoms with Crippen molar-refractivity contribution in [3.63, 3.8) is 0 Å². The topological polar surface area (TPSA) is 58.6 Å². The largest absolute Gasteiger partial charge is 0.508 e. The molecule has 1 amide bonds. The fourth-order valence-corrected chi connectivity index (χ4v) is 1.94. The number of anilines is 1. The number of aromatic hydroxyl groups is 1. The van der Waals surface area contributed by atoms with Crippen LogP contribution in [0.2, 0.25) is 5.02 Å². The molecular weight excluding hydrogens is 278 g/mol. The predicted octanol–water partition coefficient (Wildman–Crippen LogP) is 3.24. The first-order chi connectivity index (χ1) is 9.58. The van der Waals surface area contributed by atoms with Gasteiger partial charge in [-0.3, -0.25) is 4.79 Å². The van der Waals surface area contributed by atoms with E-state index in [1.54, 1.807) is 49.6 Å². The number of phenolic OH excluding ortho intramolecular Hbond substituents is 1. The number of methoxy groups -OCH3 is 1. The first-order valence-electron chi connectivity index (χ1n) is 6.00. The van der Waals surface area contributed by atoms with Crippen LogP contribution in [0.15, 0.2) is 42.5 Å². The number of amides is 1. The molecule has 0 spiro atoms. The van der Waals surface area contributed by atoms with E-state index in [0.717, 1.165) is 5.56 Å². The summed E-state index contributed by atoms with van der Waals surface area (Å²) in [6, 6.07) is 11.6. The van der Waals surface area contributed by atoms with Gasteiger partial charge in [-0.15, -0.1) is 0 Å². The van der Waals surface area contributed by atoms with Gasteiger partial charge in [-0.2, -0.15) is 0 Å². The number of nitrogens with one attached hydrogen (secondary N) is 1.